The first kappa shape index (κ1) is 15.5. The summed E-state index contributed by atoms with van der Waals surface area (Å²) in [5.41, 5.74) is 4.68. The highest BCUT2D eigenvalue weighted by Crippen LogP contribution is 2.26. The molecular formula is C19H18ClN3. The van der Waals surface area contributed by atoms with Gasteiger partial charge in [-0.2, -0.15) is 5.10 Å². The number of benzene rings is 2. The van der Waals surface area contributed by atoms with Crippen LogP contribution in [0.4, 0.5) is 0 Å². The number of aromatic nitrogens is 3. The molecule has 4 heteroatoms. The van der Waals surface area contributed by atoms with Crippen LogP contribution in [-0.4, -0.2) is 14.8 Å². The molecule has 0 N–H and O–H groups in total. The molecule has 0 saturated carbocycles. The second kappa shape index (κ2) is 6.80. The smallest absolute Gasteiger partial charge is 0.138 e. The Morgan fingerprint density at radius 1 is 1.00 bits per heavy atom. The topological polar surface area (TPSA) is 30.7 Å². The van der Waals surface area contributed by atoms with Gasteiger partial charge in [-0.3, -0.25) is 0 Å². The van der Waals surface area contributed by atoms with Crippen molar-refractivity contribution in [1.82, 2.24) is 14.8 Å². The minimum Gasteiger partial charge on any atom is -0.227 e. The summed E-state index contributed by atoms with van der Waals surface area (Å²) in [7, 11) is 0. The fourth-order valence-corrected chi connectivity index (χ4v) is 2.58. The second-order valence-electron chi connectivity index (χ2n) is 5.71. The average Bonchev–Trinajstić information content (AvgIpc) is 3.08. The number of rotatable bonds is 4. The molecule has 0 aliphatic carbocycles. The summed E-state index contributed by atoms with van der Waals surface area (Å²) >= 11 is 6.32. The first-order chi connectivity index (χ1) is 11.1. The molecule has 3 aromatic rings. The lowest BCUT2D eigenvalue weighted by molar-refractivity contribution is 0.867. The molecule has 1 aromatic heterocycles. The first-order valence-corrected chi connectivity index (χ1v) is 7.93. The van der Waals surface area contributed by atoms with Crippen LogP contribution in [0.3, 0.4) is 0 Å². The van der Waals surface area contributed by atoms with E-state index in [2.05, 4.69) is 60.3 Å². The van der Waals surface area contributed by atoms with E-state index in [0.29, 0.717) is 11.0 Å². The Balaban J connectivity index is 1.81. The summed E-state index contributed by atoms with van der Waals surface area (Å²) in [6.45, 7) is 4.40. The minimum absolute atomic E-state index is 0.548. The van der Waals surface area contributed by atoms with Gasteiger partial charge in [0, 0.05) is 6.20 Å². The average molecular weight is 324 g/mol. The van der Waals surface area contributed by atoms with Crippen LogP contribution >= 0.6 is 11.6 Å². The predicted molar refractivity (Wildman–Crippen MR) is 96.0 cm³/mol. The van der Waals surface area contributed by atoms with Crippen molar-refractivity contribution >= 4 is 22.8 Å². The molecule has 3 nitrogen and oxygen atoms in total. The van der Waals surface area contributed by atoms with Gasteiger partial charge in [0.05, 0.1) is 5.03 Å². The molecule has 0 spiro atoms. The summed E-state index contributed by atoms with van der Waals surface area (Å²) in [6, 6.07) is 16.9. The molecule has 2 aromatic carbocycles. The standard InChI is InChI=1S/C19H18ClN3/c1-14(2)15-3-5-16(6-4-15)17-7-9-18(10-8-17)19(20)11-23-13-21-12-22-23/h3-14H,1-2H3/b19-11+. The highest BCUT2D eigenvalue weighted by atomic mass is 35.5. The lowest BCUT2D eigenvalue weighted by Crippen LogP contribution is -1.88. The van der Waals surface area contributed by atoms with Crippen molar-refractivity contribution in [2.75, 3.05) is 0 Å². The Morgan fingerprint density at radius 2 is 1.61 bits per heavy atom. The summed E-state index contributed by atoms with van der Waals surface area (Å²) in [6.07, 6.45) is 4.82. The molecular weight excluding hydrogens is 306 g/mol. The Bertz CT molecular complexity index is 786. The van der Waals surface area contributed by atoms with Crippen molar-refractivity contribution < 1.29 is 0 Å². The molecule has 0 saturated heterocycles. The highest BCUT2D eigenvalue weighted by Gasteiger charge is 2.03. The van der Waals surface area contributed by atoms with E-state index in [-0.39, 0.29) is 0 Å². The van der Waals surface area contributed by atoms with E-state index in [9.17, 15) is 0 Å². The molecule has 3 rings (SSSR count). The van der Waals surface area contributed by atoms with Crippen molar-refractivity contribution in [3.8, 4) is 11.1 Å². The molecule has 116 valence electrons. The minimum atomic E-state index is 0.548. The SMILES string of the molecule is CC(C)c1ccc(-c2ccc(/C(Cl)=C\n3cncn3)cc2)cc1. The Morgan fingerprint density at radius 3 is 2.13 bits per heavy atom. The van der Waals surface area contributed by atoms with Crippen LogP contribution in [0.2, 0.25) is 0 Å². The predicted octanol–water partition coefficient (Wildman–Crippen LogP) is 5.26. The molecule has 0 bridgehead atoms. The van der Waals surface area contributed by atoms with E-state index in [4.69, 9.17) is 11.6 Å². The van der Waals surface area contributed by atoms with Crippen molar-refractivity contribution in [3.63, 3.8) is 0 Å². The summed E-state index contributed by atoms with van der Waals surface area (Å²) in [5.74, 6) is 0.548. The van der Waals surface area contributed by atoms with E-state index in [1.807, 2.05) is 12.1 Å². The van der Waals surface area contributed by atoms with Gasteiger partial charge in [0.25, 0.3) is 0 Å². The molecule has 0 aliphatic rings. The van der Waals surface area contributed by atoms with E-state index < -0.39 is 0 Å². The zero-order valence-corrected chi connectivity index (χ0v) is 13.9. The van der Waals surface area contributed by atoms with E-state index in [1.165, 1.54) is 23.0 Å². The van der Waals surface area contributed by atoms with Crippen LogP contribution in [0, 0.1) is 0 Å². The molecule has 0 unspecified atom stereocenters. The molecule has 0 radical (unpaired) electrons. The third kappa shape index (κ3) is 3.69. The summed E-state index contributed by atoms with van der Waals surface area (Å²) in [5, 5.41) is 4.64. The quantitative estimate of drug-likeness (QED) is 0.655. The van der Waals surface area contributed by atoms with Gasteiger partial charge in [0.15, 0.2) is 0 Å². The van der Waals surface area contributed by atoms with E-state index in [0.717, 1.165) is 5.56 Å². The monoisotopic (exact) mass is 323 g/mol. The van der Waals surface area contributed by atoms with Crippen LogP contribution in [0.5, 0.6) is 0 Å². The van der Waals surface area contributed by atoms with Gasteiger partial charge in [-0.25, -0.2) is 9.67 Å². The van der Waals surface area contributed by atoms with Gasteiger partial charge < -0.3 is 0 Å². The lowest BCUT2D eigenvalue weighted by atomic mass is 9.98. The second-order valence-corrected chi connectivity index (χ2v) is 6.11. The Hall–Kier alpha value is -2.39. The van der Waals surface area contributed by atoms with Gasteiger partial charge in [-0.05, 0) is 28.2 Å². The van der Waals surface area contributed by atoms with Crippen molar-refractivity contribution in [2.24, 2.45) is 0 Å². The zero-order chi connectivity index (χ0) is 16.2. The van der Waals surface area contributed by atoms with Crippen molar-refractivity contribution in [2.45, 2.75) is 19.8 Å². The lowest BCUT2D eigenvalue weighted by Gasteiger charge is -2.08. The highest BCUT2D eigenvalue weighted by molar-refractivity contribution is 6.50. The molecule has 0 atom stereocenters. The number of hydrogen-bond donors (Lipinski definition) is 0. The maximum Gasteiger partial charge on any atom is 0.138 e. The van der Waals surface area contributed by atoms with Crippen LogP contribution < -0.4 is 0 Å². The fourth-order valence-electron chi connectivity index (χ4n) is 2.36. The Labute approximate surface area is 141 Å². The fraction of sp³-hybridized carbons (Fsp3) is 0.158. The van der Waals surface area contributed by atoms with Gasteiger partial charge in [0.2, 0.25) is 0 Å². The van der Waals surface area contributed by atoms with Gasteiger partial charge in [-0.1, -0.05) is 74.0 Å². The van der Waals surface area contributed by atoms with Gasteiger partial charge in [0.1, 0.15) is 12.7 Å². The maximum atomic E-state index is 6.32. The number of hydrogen-bond acceptors (Lipinski definition) is 2. The van der Waals surface area contributed by atoms with E-state index >= 15 is 0 Å². The maximum absolute atomic E-state index is 6.32. The molecule has 0 fully saturated rings. The van der Waals surface area contributed by atoms with Gasteiger partial charge in [-0.15, -0.1) is 0 Å². The largest absolute Gasteiger partial charge is 0.227 e. The summed E-state index contributed by atoms with van der Waals surface area (Å²) < 4.78 is 1.58. The Kier molecular flexibility index (Phi) is 4.58. The van der Waals surface area contributed by atoms with Crippen LogP contribution in [0.15, 0.2) is 61.2 Å². The van der Waals surface area contributed by atoms with Crippen molar-refractivity contribution in [3.05, 3.63) is 72.3 Å². The molecule has 1 heterocycles. The van der Waals surface area contributed by atoms with Crippen molar-refractivity contribution in [1.29, 1.82) is 0 Å². The van der Waals surface area contributed by atoms with Crippen LogP contribution in [0.1, 0.15) is 30.9 Å². The normalized spacial score (nSPS) is 11.9. The first-order valence-electron chi connectivity index (χ1n) is 7.55. The molecule has 0 amide bonds. The third-order valence-electron chi connectivity index (χ3n) is 3.75. The third-order valence-corrected chi connectivity index (χ3v) is 4.07. The molecule has 0 aliphatic heterocycles. The van der Waals surface area contributed by atoms with Crippen LogP contribution in [0.25, 0.3) is 22.4 Å². The number of halogens is 1. The van der Waals surface area contributed by atoms with Gasteiger partial charge >= 0.3 is 0 Å². The molecule has 23 heavy (non-hydrogen) atoms. The van der Waals surface area contributed by atoms with E-state index in [1.54, 1.807) is 17.2 Å². The van der Waals surface area contributed by atoms with Crippen LogP contribution in [-0.2, 0) is 0 Å². The zero-order valence-electron chi connectivity index (χ0n) is 13.1. The number of nitrogens with zero attached hydrogens (tertiary/aromatic N) is 3. The summed E-state index contributed by atoms with van der Waals surface area (Å²) in [4.78, 5) is 3.89.